The quantitative estimate of drug-likeness (QED) is 0.813. The highest BCUT2D eigenvalue weighted by Gasteiger charge is 2.17. The zero-order valence-corrected chi connectivity index (χ0v) is 10.8. The van der Waals surface area contributed by atoms with Crippen molar-refractivity contribution >= 4 is 5.97 Å². The Morgan fingerprint density at radius 3 is 2.61 bits per heavy atom. The lowest BCUT2D eigenvalue weighted by molar-refractivity contribution is -0.148. The summed E-state index contributed by atoms with van der Waals surface area (Å²) in [5.41, 5.74) is 6.43. The number of rotatable bonds is 5. The van der Waals surface area contributed by atoms with E-state index in [0.717, 1.165) is 5.56 Å². The second kappa shape index (κ2) is 6.35. The van der Waals surface area contributed by atoms with Gasteiger partial charge in [-0.1, -0.05) is 6.07 Å². The number of carbonyl (C=O) groups is 1. The molecule has 0 heterocycles. The van der Waals surface area contributed by atoms with Crippen molar-refractivity contribution in [2.75, 3.05) is 7.11 Å². The second-order valence-electron chi connectivity index (χ2n) is 4.23. The van der Waals surface area contributed by atoms with Gasteiger partial charge in [0, 0.05) is 6.04 Å². The number of halogens is 1. The Labute approximate surface area is 106 Å². The molecule has 0 saturated heterocycles. The lowest BCUT2D eigenvalue weighted by Gasteiger charge is -2.14. The van der Waals surface area contributed by atoms with Gasteiger partial charge >= 0.3 is 5.97 Å². The molecule has 2 N–H and O–H groups in total. The van der Waals surface area contributed by atoms with Crippen molar-refractivity contribution < 1.29 is 18.7 Å². The van der Waals surface area contributed by atoms with Crippen LogP contribution in [0.1, 0.15) is 19.4 Å². The number of hydrogen-bond donors (Lipinski definition) is 1. The van der Waals surface area contributed by atoms with Gasteiger partial charge in [0.05, 0.1) is 7.11 Å². The van der Waals surface area contributed by atoms with Gasteiger partial charge in [0.1, 0.15) is 0 Å². The van der Waals surface area contributed by atoms with E-state index in [-0.39, 0.29) is 11.8 Å². The molecule has 0 amide bonds. The summed E-state index contributed by atoms with van der Waals surface area (Å²) in [5, 5.41) is 0. The van der Waals surface area contributed by atoms with Gasteiger partial charge in [-0.25, -0.2) is 9.18 Å². The monoisotopic (exact) mass is 255 g/mol. The Hall–Kier alpha value is -1.62. The summed E-state index contributed by atoms with van der Waals surface area (Å²) >= 11 is 0. The average molecular weight is 255 g/mol. The summed E-state index contributed by atoms with van der Waals surface area (Å²) in [6, 6.07) is 4.55. The van der Waals surface area contributed by atoms with E-state index in [1.807, 2.05) is 6.92 Å². The molecule has 0 spiro atoms. The highest BCUT2D eigenvalue weighted by Crippen LogP contribution is 2.20. The number of nitrogens with two attached hydrogens (primary N) is 1. The molecular weight excluding hydrogens is 237 g/mol. The van der Waals surface area contributed by atoms with E-state index in [0.29, 0.717) is 6.42 Å². The molecule has 2 unspecified atom stereocenters. The SMILES string of the molecule is COC(=O)C(C)Oc1ccc(CC(C)N)cc1F. The molecule has 18 heavy (non-hydrogen) atoms. The van der Waals surface area contributed by atoms with Crippen molar-refractivity contribution in [3.05, 3.63) is 29.6 Å². The standard InChI is InChI=1S/C13H18FNO3/c1-8(15)6-10-4-5-12(11(14)7-10)18-9(2)13(16)17-3/h4-5,7-9H,6,15H2,1-3H3. The molecule has 0 aliphatic heterocycles. The summed E-state index contributed by atoms with van der Waals surface area (Å²) in [4.78, 5) is 11.2. The molecule has 1 rings (SSSR count). The molecule has 0 bridgehead atoms. The number of hydrogen-bond acceptors (Lipinski definition) is 4. The van der Waals surface area contributed by atoms with Crippen LogP contribution < -0.4 is 10.5 Å². The van der Waals surface area contributed by atoms with Gasteiger partial charge in [-0.05, 0) is 38.0 Å². The maximum absolute atomic E-state index is 13.7. The van der Waals surface area contributed by atoms with Crippen molar-refractivity contribution in [3.63, 3.8) is 0 Å². The van der Waals surface area contributed by atoms with Crippen LogP contribution in [-0.2, 0) is 16.0 Å². The van der Waals surface area contributed by atoms with Gasteiger partial charge in [0.15, 0.2) is 17.7 Å². The number of carbonyl (C=O) groups excluding carboxylic acids is 1. The summed E-state index contributed by atoms with van der Waals surface area (Å²) in [6.45, 7) is 3.35. The third-order valence-corrected chi connectivity index (χ3v) is 2.39. The molecule has 0 aromatic heterocycles. The van der Waals surface area contributed by atoms with Crippen molar-refractivity contribution in [2.45, 2.75) is 32.4 Å². The van der Waals surface area contributed by atoms with Crippen molar-refractivity contribution in [1.82, 2.24) is 0 Å². The second-order valence-corrected chi connectivity index (χ2v) is 4.23. The van der Waals surface area contributed by atoms with Crippen molar-refractivity contribution in [3.8, 4) is 5.75 Å². The van der Waals surface area contributed by atoms with E-state index in [1.165, 1.54) is 26.2 Å². The predicted octanol–water partition coefficient (Wildman–Crippen LogP) is 1.66. The third kappa shape index (κ3) is 4.00. The fourth-order valence-electron chi connectivity index (χ4n) is 1.54. The van der Waals surface area contributed by atoms with Crippen LogP contribution in [0.3, 0.4) is 0 Å². The first-order chi connectivity index (χ1) is 8.43. The number of ether oxygens (including phenoxy) is 2. The van der Waals surface area contributed by atoms with Gasteiger partial charge in [0.25, 0.3) is 0 Å². The maximum Gasteiger partial charge on any atom is 0.346 e. The Morgan fingerprint density at radius 1 is 1.44 bits per heavy atom. The molecule has 5 heteroatoms. The Balaban J connectivity index is 2.76. The van der Waals surface area contributed by atoms with Crippen LogP contribution in [0.2, 0.25) is 0 Å². The van der Waals surface area contributed by atoms with E-state index >= 15 is 0 Å². The molecule has 100 valence electrons. The fraction of sp³-hybridized carbons (Fsp3) is 0.462. The predicted molar refractivity (Wildman–Crippen MR) is 65.9 cm³/mol. The highest BCUT2D eigenvalue weighted by molar-refractivity contribution is 5.74. The number of methoxy groups -OCH3 is 1. The molecule has 0 fully saturated rings. The number of benzene rings is 1. The molecule has 4 nitrogen and oxygen atoms in total. The first kappa shape index (κ1) is 14.4. The van der Waals surface area contributed by atoms with Crippen LogP contribution in [0.15, 0.2) is 18.2 Å². The Morgan fingerprint density at radius 2 is 2.11 bits per heavy atom. The van der Waals surface area contributed by atoms with Crippen molar-refractivity contribution in [1.29, 1.82) is 0 Å². The molecule has 1 aromatic rings. The van der Waals surface area contributed by atoms with Crippen molar-refractivity contribution in [2.24, 2.45) is 5.73 Å². The zero-order valence-electron chi connectivity index (χ0n) is 10.8. The van der Waals surface area contributed by atoms with Gasteiger partial charge in [0.2, 0.25) is 0 Å². The Bertz CT molecular complexity index is 421. The first-order valence-corrected chi connectivity index (χ1v) is 5.72. The maximum atomic E-state index is 13.7. The minimum atomic E-state index is -0.844. The molecule has 0 saturated carbocycles. The average Bonchev–Trinajstić information content (AvgIpc) is 2.30. The summed E-state index contributed by atoms with van der Waals surface area (Å²) in [6.07, 6.45) is -0.257. The Kier molecular flexibility index (Phi) is 5.09. The largest absolute Gasteiger partial charge is 0.476 e. The van der Waals surface area contributed by atoms with Crippen LogP contribution >= 0.6 is 0 Å². The van der Waals surface area contributed by atoms with E-state index in [1.54, 1.807) is 6.07 Å². The molecule has 2 atom stereocenters. The van der Waals surface area contributed by atoms with Gasteiger partial charge in [-0.3, -0.25) is 0 Å². The van der Waals surface area contributed by atoms with E-state index in [2.05, 4.69) is 4.74 Å². The first-order valence-electron chi connectivity index (χ1n) is 5.72. The zero-order chi connectivity index (χ0) is 13.7. The summed E-state index contributed by atoms with van der Waals surface area (Å²) in [5.74, 6) is -1.03. The van der Waals surface area contributed by atoms with Gasteiger partial charge in [-0.15, -0.1) is 0 Å². The molecule has 0 aliphatic carbocycles. The van der Waals surface area contributed by atoms with Crippen LogP contribution in [-0.4, -0.2) is 25.2 Å². The van der Waals surface area contributed by atoms with Crippen LogP contribution in [0.5, 0.6) is 5.75 Å². The summed E-state index contributed by atoms with van der Waals surface area (Å²) < 4.78 is 23.4. The smallest absolute Gasteiger partial charge is 0.346 e. The molecule has 0 radical (unpaired) electrons. The minimum absolute atomic E-state index is 0.0290. The summed E-state index contributed by atoms with van der Waals surface area (Å²) in [7, 11) is 1.25. The highest BCUT2D eigenvalue weighted by atomic mass is 19.1. The lowest BCUT2D eigenvalue weighted by Crippen LogP contribution is -2.25. The van der Waals surface area contributed by atoms with Gasteiger partial charge < -0.3 is 15.2 Å². The van der Waals surface area contributed by atoms with E-state index in [9.17, 15) is 9.18 Å². The third-order valence-electron chi connectivity index (χ3n) is 2.39. The van der Waals surface area contributed by atoms with Crippen LogP contribution in [0.4, 0.5) is 4.39 Å². The van der Waals surface area contributed by atoms with Crippen LogP contribution in [0.25, 0.3) is 0 Å². The number of esters is 1. The molecule has 1 aromatic carbocycles. The topological polar surface area (TPSA) is 61.5 Å². The van der Waals surface area contributed by atoms with E-state index < -0.39 is 17.9 Å². The lowest BCUT2D eigenvalue weighted by atomic mass is 10.1. The minimum Gasteiger partial charge on any atom is -0.476 e. The fourth-order valence-corrected chi connectivity index (χ4v) is 1.54. The van der Waals surface area contributed by atoms with Crippen LogP contribution in [0, 0.1) is 5.82 Å². The molecule has 0 aliphatic rings. The normalized spacial score (nSPS) is 13.8. The van der Waals surface area contributed by atoms with E-state index in [4.69, 9.17) is 10.5 Å². The molecular formula is C13H18FNO3. The van der Waals surface area contributed by atoms with Gasteiger partial charge in [-0.2, -0.15) is 0 Å².